The number of furan rings is 1. The van der Waals surface area contributed by atoms with Crippen LogP contribution in [0.25, 0.3) is 0 Å². The Morgan fingerprint density at radius 1 is 1.21 bits per heavy atom. The fourth-order valence-electron chi connectivity index (χ4n) is 3.07. The summed E-state index contributed by atoms with van der Waals surface area (Å²) in [6.07, 6.45) is 6.49. The number of piperazine rings is 1. The van der Waals surface area contributed by atoms with Crippen molar-refractivity contribution in [3.8, 4) is 0 Å². The van der Waals surface area contributed by atoms with Gasteiger partial charge in [0, 0.05) is 38.6 Å². The van der Waals surface area contributed by atoms with Crippen LogP contribution in [0.15, 0.2) is 47.5 Å². The van der Waals surface area contributed by atoms with E-state index in [-0.39, 0.29) is 17.6 Å². The molecule has 1 aliphatic rings. The number of carbonyl (C=O) groups is 2. The number of rotatable bonds is 4. The summed E-state index contributed by atoms with van der Waals surface area (Å²) in [5.41, 5.74) is 0.848. The third-order valence-electron chi connectivity index (χ3n) is 4.53. The molecule has 0 aromatic carbocycles. The zero-order valence-corrected chi connectivity index (χ0v) is 16.1. The highest BCUT2D eigenvalue weighted by Gasteiger charge is 2.25. The van der Waals surface area contributed by atoms with Gasteiger partial charge in [-0.1, -0.05) is 0 Å². The highest BCUT2D eigenvalue weighted by molar-refractivity contribution is 7.18. The molecule has 1 saturated heterocycles. The number of aromatic nitrogens is 2. The van der Waals surface area contributed by atoms with Crippen LogP contribution in [0.4, 0.5) is 10.8 Å². The normalized spacial score (nSPS) is 14.2. The minimum atomic E-state index is -0.331. The summed E-state index contributed by atoms with van der Waals surface area (Å²) < 4.78 is 5.10. The maximum absolute atomic E-state index is 13.0. The number of hydrogen-bond donors (Lipinski definition) is 1. The van der Waals surface area contributed by atoms with Gasteiger partial charge >= 0.3 is 0 Å². The molecular formula is C19H19N5O3S. The molecule has 3 aromatic rings. The third-order valence-corrected chi connectivity index (χ3v) is 5.67. The van der Waals surface area contributed by atoms with E-state index in [0.717, 1.165) is 11.4 Å². The minimum absolute atomic E-state index is 0.0141. The molecule has 0 aliphatic carbocycles. The summed E-state index contributed by atoms with van der Waals surface area (Å²) in [5.74, 6) is 0.714. The molecule has 144 valence electrons. The van der Waals surface area contributed by atoms with Crippen LogP contribution in [0.3, 0.4) is 0 Å². The van der Waals surface area contributed by atoms with E-state index in [0.29, 0.717) is 36.1 Å². The van der Waals surface area contributed by atoms with E-state index >= 15 is 0 Å². The number of carbonyl (C=O) groups excluding carboxylic acids is 2. The summed E-state index contributed by atoms with van der Waals surface area (Å²) in [6, 6.07) is 5.07. The first-order valence-electron chi connectivity index (χ1n) is 8.87. The van der Waals surface area contributed by atoms with Crippen LogP contribution >= 0.6 is 11.3 Å². The first-order valence-corrected chi connectivity index (χ1v) is 9.69. The Labute approximate surface area is 165 Å². The van der Waals surface area contributed by atoms with Crippen LogP contribution in [0.5, 0.6) is 0 Å². The monoisotopic (exact) mass is 397 g/mol. The molecule has 1 fully saturated rings. The molecule has 8 nitrogen and oxygen atoms in total. The molecule has 4 heterocycles. The number of anilines is 2. The number of hydrogen-bond acceptors (Lipinski definition) is 7. The molecule has 1 aliphatic heterocycles. The average Bonchev–Trinajstić information content (AvgIpc) is 3.38. The van der Waals surface area contributed by atoms with Gasteiger partial charge in [0.2, 0.25) is 0 Å². The van der Waals surface area contributed by atoms with Crippen molar-refractivity contribution < 1.29 is 14.0 Å². The molecule has 0 saturated carbocycles. The summed E-state index contributed by atoms with van der Waals surface area (Å²) in [4.78, 5) is 38.1. The second-order valence-corrected chi connectivity index (χ2v) is 7.45. The first kappa shape index (κ1) is 18.2. The Balaban J connectivity index is 1.40. The van der Waals surface area contributed by atoms with Crippen LogP contribution < -0.4 is 10.2 Å². The molecule has 1 N–H and O–H groups in total. The van der Waals surface area contributed by atoms with Gasteiger partial charge in [-0.3, -0.25) is 14.6 Å². The molecule has 9 heteroatoms. The van der Waals surface area contributed by atoms with Crippen LogP contribution in [0.2, 0.25) is 0 Å². The summed E-state index contributed by atoms with van der Waals surface area (Å²) in [5, 5.41) is 3.41. The van der Waals surface area contributed by atoms with Crippen molar-refractivity contribution in [1.29, 1.82) is 0 Å². The van der Waals surface area contributed by atoms with E-state index in [1.807, 2.05) is 17.9 Å². The predicted molar refractivity (Wildman–Crippen MR) is 106 cm³/mol. The maximum atomic E-state index is 13.0. The van der Waals surface area contributed by atoms with Crippen LogP contribution in [-0.4, -0.2) is 52.9 Å². The first-order chi connectivity index (χ1) is 13.6. The standard InChI is InChI=1S/C19H19N5O3S/c1-13-11-16(22-18(25)14-3-2-10-27-14)28-17(13)19(26)24-8-6-23(7-9-24)15-12-20-4-5-21-15/h2-5,10-12H,6-9H2,1H3,(H,22,25). The Kier molecular flexibility index (Phi) is 5.07. The fourth-order valence-corrected chi connectivity index (χ4v) is 4.11. The van der Waals surface area contributed by atoms with Gasteiger partial charge in [-0.2, -0.15) is 0 Å². The average molecular weight is 397 g/mol. The van der Waals surface area contributed by atoms with Crippen molar-refractivity contribution >= 4 is 34.0 Å². The van der Waals surface area contributed by atoms with Gasteiger partial charge in [-0.05, 0) is 30.7 Å². The van der Waals surface area contributed by atoms with Crippen molar-refractivity contribution in [1.82, 2.24) is 14.9 Å². The van der Waals surface area contributed by atoms with Gasteiger partial charge in [0.05, 0.1) is 22.3 Å². The zero-order valence-electron chi connectivity index (χ0n) is 15.3. The third kappa shape index (κ3) is 3.74. The molecular weight excluding hydrogens is 378 g/mol. The minimum Gasteiger partial charge on any atom is -0.459 e. The number of nitrogens with one attached hydrogen (secondary N) is 1. The Morgan fingerprint density at radius 3 is 2.71 bits per heavy atom. The highest BCUT2D eigenvalue weighted by Crippen LogP contribution is 2.29. The molecule has 0 unspecified atom stereocenters. The van der Waals surface area contributed by atoms with Gasteiger partial charge in [0.15, 0.2) is 5.76 Å². The Morgan fingerprint density at radius 2 is 2.04 bits per heavy atom. The lowest BCUT2D eigenvalue weighted by Gasteiger charge is -2.35. The van der Waals surface area contributed by atoms with Gasteiger partial charge in [0.1, 0.15) is 5.82 Å². The Hall–Kier alpha value is -3.20. The van der Waals surface area contributed by atoms with E-state index in [2.05, 4.69) is 20.2 Å². The highest BCUT2D eigenvalue weighted by atomic mass is 32.1. The smallest absolute Gasteiger partial charge is 0.291 e. The number of thiophene rings is 1. The van der Waals surface area contributed by atoms with E-state index < -0.39 is 0 Å². The fraction of sp³-hybridized carbons (Fsp3) is 0.263. The molecule has 0 bridgehead atoms. The summed E-state index contributed by atoms with van der Waals surface area (Å²) in [7, 11) is 0. The summed E-state index contributed by atoms with van der Waals surface area (Å²) >= 11 is 1.28. The topological polar surface area (TPSA) is 91.6 Å². The largest absolute Gasteiger partial charge is 0.459 e. The van der Waals surface area contributed by atoms with E-state index in [9.17, 15) is 9.59 Å². The van der Waals surface area contributed by atoms with E-state index in [4.69, 9.17) is 4.42 Å². The molecule has 2 amide bonds. The van der Waals surface area contributed by atoms with Crippen molar-refractivity contribution in [2.24, 2.45) is 0 Å². The van der Waals surface area contributed by atoms with Gasteiger partial charge in [0.25, 0.3) is 11.8 Å². The number of nitrogens with zero attached hydrogens (tertiary/aromatic N) is 4. The van der Waals surface area contributed by atoms with Gasteiger partial charge < -0.3 is 19.5 Å². The van der Waals surface area contributed by atoms with Crippen LogP contribution in [-0.2, 0) is 0 Å². The van der Waals surface area contributed by atoms with E-state index in [1.54, 1.807) is 30.7 Å². The lowest BCUT2D eigenvalue weighted by molar-refractivity contribution is 0.0750. The lowest BCUT2D eigenvalue weighted by Crippen LogP contribution is -2.49. The molecule has 0 atom stereocenters. The SMILES string of the molecule is Cc1cc(NC(=O)c2ccco2)sc1C(=O)N1CCN(c2cnccn2)CC1. The van der Waals surface area contributed by atoms with Crippen molar-refractivity contribution in [3.05, 3.63) is 59.3 Å². The maximum Gasteiger partial charge on any atom is 0.291 e. The van der Waals surface area contributed by atoms with Crippen molar-refractivity contribution in [3.63, 3.8) is 0 Å². The van der Waals surface area contributed by atoms with Gasteiger partial charge in [-0.15, -0.1) is 11.3 Å². The van der Waals surface area contributed by atoms with E-state index in [1.165, 1.54) is 17.6 Å². The molecule has 28 heavy (non-hydrogen) atoms. The molecule has 0 spiro atoms. The summed E-state index contributed by atoms with van der Waals surface area (Å²) in [6.45, 7) is 4.51. The second kappa shape index (κ2) is 7.81. The second-order valence-electron chi connectivity index (χ2n) is 6.40. The number of amides is 2. The zero-order chi connectivity index (χ0) is 19.5. The van der Waals surface area contributed by atoms with Gasteiger partial charge in [-0.25, -0.2) is 4.98 Å². The predicted octanol–water partition coefficient (Wildman–Crippen LogP) is 2.65. The van der Waals surface area contributed by atoms with Crippen LogP contribution in [0, 0.1) is 6.92 Å². The van der Waals surface area contributed by atoms with Crippen molar-refractivity contribution in [2.45, 2.75) is 6.92 Å². The lowest BCUT2D eigenvalue weighted by atomic mass is 10.2. The quantitative estimate of drug-likeness (QED) is 0.728. The molecule has 3 aromatic heterocycles. The molecule has 4 rings (SSSR count). The number of aryl methyl sites for hydroxylation is 1. The van der Waals surface area contributed by atoms with Crippen molar-refractivity contribution in [2.75, 3.05) is 36.4 Å². The molecule has 0 radical (unpaired) electrons. The Bertz CT molecular complexity index is 963. The van der Waals surface area contributed by atoms with Crippen LogP contribution in [0.1, 0.15) is 25.8 Å².